The summed E-state index contributed by atoms with van der Waals surface area (Å²) in [6.07, 6.45) is 2.48. The van der Waals surface area contributed by atoms with Crippen LogP contribution in [-0.2, 0) is 10.0 Å². The van der Waals surface area contributed by atoms with Gasteiger partial charge in [0.1, 0.15) is 11.8 Å². The molecular formula is C23H17N3O5S. The Balaban J connectivity index is 1.42. The molecule has 3 aromatic carbocycles. The summed E-state index contributed by atoms with van der Waals surface area (Å²) < 4.78 is 32.6. The van der Waals surface area contributed by atoms with Crippen molar-refractivity contribution in [2.24, 2.45) is 5.10 Å². The third-order valence-electron chi connectivity index (χ3n) is 4.53. The Morgan fingerprint density at radius 2 is 1.59 bits per heavy atom. The van der Waals surface area contributed by atoms with Gasteiger partial charge in [-0.2, -0.15) is 5.10 Å². The highest BCUT2D eigenvalue weighted by Crippen LogP contribution is 2.16. The Morgan fingerprint density at radius 1 is 0.906 bits per heavy atom. The molecule has 1 aromatic heterocycles. The summed E-state index contributed by atoms with van der Waals surface area (Å²) >= 11 is 0. The molecule has 0 aliphatic rings. The van der Waals surface area contributed by atoms with Gasteiger partial charge in [0.15, 0.2) is 0 Å². The number of fused-ring (bicyclic) bond motifs is 1. The topological polar surface area (TPSA) is 118 Å². The van der Waals surface area contributed by atoms with Crippen molar-refractivity contribution in [3.05, 3.63) is 106 Å². The van der Waals surface area contributed by atoms with Gasteiger partial charge in [0, 0.05) is 11.3 Å². The van der Waals surface area contributed by atoms with Crippen LogP contribution in [-0.4, -0.2) is 20.5 Å². The zero-order valence-corrected chi connectivity index (χ0v) is 17.4. The quantitative estimate of drug-likeness (QED) is 0.347. The van der Waals surface area contributed by atoms with Crippen molar-refractivity contribution in [3.63, 3.8) is 0 Å². The van der Waals surface area contributed by atoms with Crippen LogP contribution in [0.5, 0.6) is 0 Å². The first-order chi connectivity index (χ1) is 15.4. The van der Waals surface area contributed by atoms with Crippen molar-refractivity contribution < 1.29 is 17.6 Å². The standard InChI is InChI=1S/C23H17N3O5S/c27-22-17(15-31-21-9-5-4-8-20(21)22)14-24-25-23(28)16-10-12-18(13-11-16)26-32(29,30)19-6-2-1-3-7-19/h1-15,26H,(H,25,28). The van der Waals surface area contributed by atoms with Crippen LogP contribution >= 0.6 is 0 Å². The molecule has 0 aliphatic carbocycles. The van der Waals surface area contributed by atoms with E-state index in [-0.39, 0.29) is 21.5 Å². The fourth-order valence-corrected chi connectivity index (χ4v) is 3.99. The van der Waals surface area contributed by atoms with Crippen molar-refractivity contribution in [3.8, 4) is 0 Å². The van der Waals surface area contributed by atoms with Crippen molar-refractivity contribution in [2.75, 3.05) is 4.72 Å². The van der Waals surface area contributed by atoms with Crippen LogP contribution < -0.4 is 15.6 Å². The van der Waals surface area contributed by atoms with E-state index in [4.69, 9.17) is 4.42 Å². The maximum absolute atomic E-state index is 12.4. The van der Waals surface area contributed by atoms with Gasteiger partial charge in [0.2, 0.25) is 5.43 Å². The smallest absolute Gasteiger partial charge is 0.271 e. The van der Waals surface area contributed by atoms with Crippen LogP contribution in [0.2, 0.25) is 0 Å². The molecule has 1 heterocycles. The molecule has 0 unspecified atom stereocenters. The van der Waals surface area contributed by atoms with Crippen molar-refractivity contribution >= 4 is 38.8 Å². The molecular weight excluding hydrogens is 430 g/mol. The second-order valence-corrected chi connectivity index (χ2v) is 8.39. The zero-order chi connectivity index (χ0) is 22.6. The molecule has 9 heteroatoms. The van der Waals surface area contributed by atoms with Crippen molar-refractivity contribution in [1.82, 2.24) is 5.43 Å². The van der Waals surface area contributed by atoms with E-state index in [1.807, 2.05) is 0 Å². The van der Waals surface area contributed by atoms with E-state index in [0.717, 1.165) is 0 Å². The van der Waals surface area contributed by atoms with Crippen LogP contribution in [0.15, 0.2) is 104 Å². The van der Waals surface area contributed by atoms with Gasteiger partial charge < -0.3 is 4.42 Å². The Hall–Kier alpha value is -4.24. The van der Waals surface area contributed by atoms with E-state index in [1.165, 1.54) is 48.9 Å². The molecule has 0 bridgehead atoms. The summed E-state index contributed by atoms with van der Waals surface area (Å²) in [6.45, 7) is 0. The number of anilines is 1. The van der Waals surface area contributed by atoms with Gasteiger partial charge in [-0.15, -0.1) is 0 Å². The normalized spacial score (nSPS) is 11.5. The van der Waals surface area contributed by atoms with Gasteiger partial charge in [-0.05, 0) is 48.5 Å². The number of para-hydroxylation sites is 1. The molecule has 32 heavy (non-hydrogen) atoms. The summed E-state index contributed by atoms with van der Waals surface area (Å²) in [7, 11) is -3.72. The minimum Gasteiger partial charge on any atom is -0.463 e. The average molecular weight is 447 g/mol. The van der Waals surface area contributed by atoms with Crippen LogP contribution in [0, 0.1) is 0 Å². The van der Waals surface area contributed by atoms with E-state index in [1.54, 1.807) is 42.5 Å². The summed E-state index contributed by atoms with van der Waals surface area (Å²) in [5.41, 5.74) is 3.28. The minimum absolute atomic E-state index is 0.134. The predicted molar refractivity (Wildman–Crippen MR) is 121 cm³/mol. The number of rotatable bonds is 6. The van der Waals surface area contributed by atoms with E-state index in [9.17, 15) is 18.0 Å². The number of hydrogen-bond donors (Lipinski definition) is 2. The first kappa shape index (κ1) is 21.0. The van der Waals surface area contributed by atoms with Crippen molar-refractivity contribution in [2.45, 2.75) is 4.90 Å². The number of sulfonamides is 1. The molecule has 1 amide bonds. The lowest BCUT2D eigenvalue weighted by molar-refractivity contribution is 0.0955. The molecule has 0 aliphatic heterocycles. The predicted octanol–water partition coefficient (Wildman–Crippen LogP) is 3.36. The molecule has 0 fully saturated rings. The maximum atomic E-state index is 12.4. The lowest BCUT2D eigenvalue weighted by Gasteiger charge is -2.08. The third kappa shape index (κ3) is 4.57. The second kappa shape index (κ2) is 8.86. The highest BCUT2D eigenvalue weighted by atomic mass is 32.2. The first-order valence-corrected chi connectivity index (χ1v) is 10.9. The Labute approximate surface area is 183 Å². The molecule has 8 nitrogen and oxygen atoms in total. The molecule has 0 atom stereocenters. The molecule has 0 saturated heterocycles. The molecule has 2 N–H and O–H groups in total. The van der Waals surface area contributed by atoms with Gasteiger partial charge >= 0.3 is 0 Å². The molecule has 160 valence electrons. The third-order valence-corrected chi connectivity index (χ3v) is 5.93. The SMILES string of the molecule is O=C(NN=Cc1coc2ccccc2c1=O)c1ccc(NS(=O)(=O)c2ccccc2)cc1. The van der Waals surface area contributed by atoms with Crippen LogP contribution in [0.3, 0.4) is 0 Å². The van der Waals surface area contributed by atoms with Crippen LogP contribution in [0.4, 0.5) is 5.69 Å². The van der Waals surface area contributed by atoms with Gasteiger partial charge in [0.05, 0.1) is 22.1 Å². The maximum Gasteiger partial charge on any atom is 0.271 e. The van der Waals surface area contributed by atoms with Gasteiger partial charge in [-0.25, -0.2) is 13.8 Å². The molecule has 4 aromatic rings. The number of amides is 1. The number of hydrogen-bond acceptors (Lipinski definition) is 6. The summed E-state index contributed by atoms with van der Waals surface area (Å²) in [6, 6.07) is 20.6. The number of hydrazone groups is 1. The lowest BCUT2D eigenvalue weighted by Crippen LogP contribution is -2.19. The largest absolute Gasteiger partial charge is 0.463 e. The fourth-order valence-electron chi connectivity index (χ4n) is 2.91. The number of carbonyl (C=O) groups is 1. The monoisotopic (exact) mass is 447 g/mol. The van der Waals surface area contributed by atoms with Gasteiger partial charge in [0.25, 0.3) is 15.9 Å². The molecule has 0 radical (unpaired) electrons. The van der Waals surface area contributed by atoms with Crippen LogP contribution in [0.1, 0.15) is 15.9 Å². The van der Waals surface area contributed by atoms with E-state index >= 15 is 0 Å². The molecule has 0 spiro atoms. The summed E-state index contributed by atoms with van der Waals surface area (Å²) in [5, 5.41) is 4.22. The fraction of sp³-hybridized carbons (Fsp3) is 0. The first-order valence-electron chi connectivity index (χ1n) is 9.46. The van der Waals surface area contributed by atoms with Gasteiger partial charge in [-0.1, -0.05) is 30.3 Å². The molecule has 4 rings (SSSR count). The van der Waals surface area contributed by atoms with E-state index in [0.29, 0.717) is 16.7 Å². The minimum atomic E-state index is -3.72. The highest BCUT2D eigenvalue weighted by molar-refractivity contribution is 7.92. The Kier molecular flexibility index (Phi) is 5.82. The number of nitrogens with zero attached hydrogens (tertiary/aromatic N) is 1. The van der Waals surface area contributed by atoms with Gasteiger partial charge in [-0.3, -0.25) is 14.3 Å². The zero-order valence-electron chi connectivity index (χ0n) is 16.6. The Bertz CT molecular complexity index is 1460. The second-order valence-electron chi connectivity index (χ2n) is 6.71. The van der Waals surface area contributed by atoms with Crippen molar-refractivity contribution in [1.29, 1.82) is 0 Å². The summed E-state index contributed by atoms with van der Waals surface area (Å²) in [4.78, 5) is 24.8. The number of nitrogens with one attached hydrogen (secondary N) is 2. The summed E-state index contributed by atoms with van der Waals surface area (Å²) in [5.74, 6) is -0.524. The van der Waals surface area contributed by atoms with E-state index < -0.39 is 15.9 Å². The Morgan fingerprint density at radius 3 is 2.34 bits per heavy atom. The van der Waals surface area contributed by atoms with Crippen LogP contribution in [0.25, 0.3) is 11.0 Å². The average Bonchev–Trinajstić information content (AvgIpc) is 2.81. The lowest BCUT2D eigenvalue weighted by atomic mass is 10.2. The van der Waals surface area contributed by atoms with E-state index in [2.05, 4.69) is 15.2 Å². The highest BCUT2D eigenvalue weighted by Gasteiger charge is 2.14. The molecule has 0 saturated carbocycles. The number of benzene rings is 3. The number of carbonyl (C=O) groups excluding carboxylic acids is 1.